The quantitative estimate of drug-likeness (QED) is 0.791. The van der Waals surface area contributed by atoms with Gasteiger partial charge in [0.25, 0.3) is 0 Å². The van der Waals surface area contributed by atoms with Gasteiger partial charge in [-0.15, -0.1) is 0 Å². The smallest absolute Gasteiger partial charge is 0.0577 e. The van der Waals surface area contributed by atoms with E-state index in [1.165, 1.54) is 11.1 Å². The number of hydrogen-bond donors (Lipinski definition) is 1. The fraction of sp³-hybridized carbons (Fsp3) is 0.250. The second kappa shape index (κ2) is 7.09. The van der Waals surface area contributed by atoms with E-state index >= 15 is 0 Å². The molecule has 0 aliphatic heterocycles. The molecule has 0 aliphatic rings. The van der Waals surface area contributed by atoms with Crippen molar-refractivity contribution >= 4 is 27.5 Å². The molecule has 2 aromatic carbocycles. The lowest BCUT2D eigenvalue weighted by Gasteiger charge is -2.20. The first kappa shape index (κ1) is 14.6. The van der Waals surface area contributed by atoms with Gasteiger partial charge in [-0.3, -0.25) is 0 Å². The molecule has 3 heteroatoms. The summed E-state index contributed by atoms with van der Waals surface area (Å²) < 4.78 is 1.09. The molecule has 1 N–H and O–H groups in total. The molecule has 0 spiro atoms. The Morgan fingerprint density at radius 2 is 1.79 bits per heavy atom. The molecule has 1 atom stereocenters. The molecule has 2 aromatic rings. The van der Waals surface area contributed by atoms with Crippen LogP contribution in [0.15, 0.2) is 53.0 Å². The third-order valence-corrected chi connectivity index (χ3v) is 3.69. The van der Waals surface area contributed by atoms with Crippen LogP contribution >= 0.6 is 27.5 Å². The van der Waals surface area contributed by atoms with E-state index in [2.05, 4.69) is 52.4 Å². The van der Waals surface area contributed by atoms with E-state index in [0.29, 0.717) is 0 Å². The van der Waals surface area contributed by atoms with Gasteiger partial charge in [-0.05, 0) is 48.4 Å². The number of benzene rings is 2. The van der Waals surface area contributed by atoms with Gasteiger partial charge >= 0.3 is 0 Å². The fourth-order valence-electron chi connectivity index (χ4n) is 2.09. The molecule has 0 radical (unpaired) electrons. The van der Waals surface area contributed by atoms with Gasteiger partial charge in [-0.2, -0.15) is 0 Å². The van der Waals surface area contributed by atoms with Gasteiger partial charge in [0, 0.05) is 9.50 Å². The van der Waals surface area contributed by atoms with Crippen LogP contribution in [-0.4, -0.2) is 6.54 Å². The van der Waals surface area contributed by atoms with E-state index in [-0.39, 0.29) is 6.04 Å². The Labute approximate surface area is 128 Å². The number of nitrogens with one attached hydrogen (secondary N) is 1. The Morgan fingerprint density at radius 3 is 2.42 bits per heavy atom. The van der Waals surface area contributed by atoms with E-state index in [1.54, 1.807) is 0 Å². The van der Waals surface area contributed by atoms with Crippen molar-refractivity contribution in [1.82, 2.24) is 5.32 Å². The van der Waals surface area contributed by atoms with Crippen LogP contribution in [0.3, 0.4) is 0 Å². The molecule has 2 rings (SSSR count). The molecule has 0 aliphatic carbocycles. The van der Waals surface area contributed by atoms with Crippen molar-refractivity contribution < 1.29 is 0 Å². The van der Waals surface area contributed by atoms with Gasteiger partial charge in [0.05, 0.1) is 6.04 Å². The molecule has 0 bridgehead atoms. The molecular weight excluding hydrogens is 322 g/mol. The highest BCUT2D eigenvalue weighted by Gasteiger charge is 2.13. The Balaban J connectivity index is 2.35. The number of rotatable bonds is 5. The van der Waals surface area contributed by atoms with E-state index in [4.69, 9.17) is 11.6 Å². The van der Waals surface area contributed by atoms with Crippen LogP contribution in [0.5, 0.6) is 0 Å². The first-order valence-corrected chi connectivity index (χ1v) is 7.62. The molecule has 0 amide bonds. The van der Waals surface area contributed by atoms with Crippen LogP contribution in [0.1, 0.15) is 30.5 Å². The number of halogens is 2. The summed E-state index contributed by atoms with van der Waals surface area (Å²) in [6, 6.07) is 16.6. The lowest BCUT2D eigenvalue weighted by atomic mass is 9.98. The van der Waals surface area contributed by atoms with Crippen molar-refractivity contribution in [3.63, 3.8) is 0 Å². The third kappa shape index (κ3) is 4.07. The van der Waals surface area contributed by atoms with Crippen LogP contribution in [0.4, 0.5) is 0 Å². The summed E-state index contributed by atoms with van der Waals surface area (Å²) >= 11 is 9.64. The predicted molar refractivity (Wildman–Crippen MR) is 85.7 cm³/mol. The van der Waals surface area contributed by atoms with E-state index in [9.17, 15) is 0 Å². The van der Waals surface area contributed by atoms with Crippen LogP contribution in [-0.2, 0) is 0 Å². The van der Waals surface area contributed by atoms with E-state index in [0.717, 1.165) is 22.5 Å². The minimum atomic E-state index is 0.177. The van der Waals surface area contributed by atoms with Gasteiger partial charge in [-0.25, -0.2) is 0 Å². The topological polar surface area (TPSA) is 12.0 Å². The van der Waals surface area contributed by atoms with Gasteiger partial charge < -0.3 is 5.32 Å². The molecule has 1 nitrogen and oxygen atoms in total. The second-order valence-corrected chi connectivity index (χ2v) is 5.85. The minimum absolute atomic E-state index is 0.177. The highest BCUT2D eigenvalue weighted by molar-refractivity contribution is 9.10. The SMILES string of the molecule is CCCNC(c1cccc(Cl)c1)c1cccc(Br)c1. The first-order valence-electron chi connectivity index (χ1n) is 6.45. The lowest BCUT2D eigenvalue weighted by Crippen LogP contribution is -2.23. The zero-order chi connectivity index (χ0) is 13.7. The van der Waals surface area contributed by atoms with Crippen molar-refractivity contribution in [2.75, 3.05) is 6.54 Å². The van der Waals surface area contributed by atoms with Gasteiger partial charge in [-0.1, -0.05) is 58.7 Å². The maximum absolute atomic E-state index is 6.10. The average Bonchev–Trinajstić information content (AvgIpc) is 2.39. The molecule has 1 unspecified atom stereocenters. The number of hydrogen-bond acceptors (Lipinski definition) is 1. The zero-order valence-corrected chi connectivity index (χ0v) is 13.2. The molecular formula is C16H17BrClN. The average molecular weight is 339 g/mol. The highest BCUT2D eigenvalue weighted by atomic mass is 79.9. The molecule has 100 valence electrons. The summed E-state index contributed by atoms with van der Waals surface area (Å²) in [7, 11) is 0. The maximum atomic E-state index is 6.10. The van der Waals surface area contributed by atoms with Crippen LogP contribution in [0, 0.1) is 0 Å². The van der Waals surface area contributed by atoms with Crippen molar-refractivity contribution in [2.45, 2.75) is 19.4 Å². The molecule has 0 aromatic heterocycles. The van der Waals surface area contributed by atoms with Crippen molar-refractivity contribution in [2.24, 2.45) is 0 Å². The van der Waals surface area contributed by atoms with Gasteiger partial charge in [0.1, 0.15) is 0 Å². The Kier molecular flexibility index (Phi) is 5.44. The van der Waals surface area contributed by atoms with Crippen LogP contribution < -0.4 is 5.32 Å². The normalized spacial score (nSPS) is 12.4. The standard InChI is InChI=1S/C16H17BrClN/c1-2-9-19-16(12-5-3-7-14(17)10-12)13-6-4-8-15(18)11-13/h3-8,10-11,16,19H,2,9H2,1H3. The molecule has 0 saturated carbocycles. The van der Waals surface area contributed by atoms with Crippen molar-refractivity contribution in [3.8, 4) is 0 Å². The van der Waals surface area contributed by atoms with Gasteiger partial charge in [0.2, 0.25) is 0 Å². The zero-order valence-electron chi connectivity index (χ0n) is 10.9. The summed E-state index contributed by atoms with van der Waals surface area (Å²) in [5.41, 5.74) is 2.43. The van der Waals surface area contributed by atoms with E-state index < -0.39 is 0 Å². The molecule has 0 heterocycles. The summed E-state index contributed by atoms with van der Waals surface area (Å²) in [4.78, 5) is 0. The van der Waals surface area contributed by atoms with Crippen molar-refractivity contribution in [3.05, 3.63) is 69.2 Å². The second-order valence-electron chi connectivity index (χ2n) is 4.50. The fourth-order valence-corrected chi connectivity index (χ4v) is 2.70. The summed E-state index contributed by atoms with van der Waals surface area (Å²) in [6.45, 7) is 3.15. The molecule has 19 heavy (non-hydrogen) atoms. The predicted octanol–water partition coefficient (Wildman–Crippen LogP) is 5.19. The van der Waals surface area contributed by atoms with Crippen LogP contribution in [0.25, 0.3) is 0 Å². The van der Waals surface area contributed by atoms with Gasteiger partial charge in [0.15, 0.2) is 0 Å². The summed E-state index contributed by atoms with van der Waals surface area (Å²) in [5, 5.41) is 4.35. The largest absolute Gasteiger partial charge is 0.306 e. The highest BCUT2D eigenvalue weighted by Crippen LogP contribution is 2.26. The lowest BCUT2D eigenvalue weighted by molar-refractivity contribution is 0.598. The van der Waals surface area contributed by atoms with Crippen molar-refractivity contribution in [1.29, 1.82) is 0 Å². The van der Waals surface area contributed by atoms with Crippen LogP contribution in [0.2, 0.25) is 5.02 Å². The van der Waals surface area contributed by atoms with E-state index in [1.807, 2.05) is 24.3 Å². The minimum Gasteiger partial charge on any atom is -0.306 e. The Bertz CT molecular complexity index is 496. The third-order valence-electron chi connectivity index (χ3n) is 2.96. The molecule has 0 saturated heterocycles. The Morgan fingerprint density at radius 1 is 1.11 bits per heavy atom. The molecule has 0 fully saturated rings. The summed E-state index contributed by atoms with van der Waals surface area (Å²) in [5.74, 6) is 0. The Hall–Kier alpha value is -0.830. The monoisotopic (exact) mass is 337 g/mol. The maximum Gasteiger partial charge on any atom is 0.0577 e. The first-order chi connectivity index (χ1) is 9.20. The summed E-state index contributed by atoms with van der Waals surface area (Å²) in [6.07, 6.45) is 1.10.